The monoisotopic (exact) mass is 268 g/mol. The number of benzene rings is 1. The van der Waals surface area contributed by atoms with Crippen molar-refractivity contribution in [3.05, 3.63) is 12.1 Å². The molecule has 1 aromatic carbocycles. The Morgan fingerprint density at radius 1 is 1.21 bits per heavy atom. The van der Waals surface area contributed by atoms with E-state index in [9.17, 15) is 4.79 Å². The minimum Gasteiger partial charge on any atom is -0.493 e. The van der Waals surface area contributed by atoms with E-state index in [4.69, 9.17) is 19.9 Å². The molecule has 106 valence electrons. The van der Waals surface area contributed by atoms with Crippen LogP contribution >= 0.6 is 0 Å². The summed E-state index contributed by atoms with van der Waals surface area (Å²) < 4.78 is 15.4. The second-order valence-electron chi connectivity index (χ2n) is 4.93. The van der Waals surface area contributed by atoms with Gasteiger partial charge >= 0.3 is 6.09 Å². The van der Waals surface area contributed by atoms with Gasteiger partial charge in [-0.1, -0.05) is 0 Å². The molecule has 0 bridgehead atoms. The van der Waals surface area contributed by atoms with Gasteiger partial charge in [0.25, 0.3) is 0 Å². The number of rotatable bonds is 3. The molecule has 0 saturated carbocycles. The Hall–Kier alpha value is -2.11. The summed E-state index contributed by atoms with van der Waals surface area (Å²) in [6, 6.07) is 3.18. The number of carbonyl (C=O) groups is 1. The zero-order valence-corrected chi connectivity index (χ0v) is 11.9. The number of carbonyl (C=O) groups excluding carboxylic acids is 1. The predicted octanol–water partition coefficient (Wildman–Crippen LogP) is 2.63. The van der Waals surface area contributed by atoms with Crippen LogP contribution in [0.25, 0.3) is 0 Å². The van der Waals surface area contributed by atoms with Gasteiger partial charge in [-0.15, -0.1) is 0 Å². The first-order valence-electron chi connectivity index (χ1n) is 5.78. The van der Waals surface area contributed by atoms with E-state index in [1.54, 1.807) is 32.9 Å². The fourth-order valence-corrected chi connectivity index (χ4v) is 1.49. The third kappa shape index (κ3) is 4.24. The number of hydrogen-bond acceptors (Lipinski definition) is 5. The van der Waals surface area contributed by atoms with Crippen molar-refractivity contribution in [3.8, 4) is 11.5 Å². The Balaban J connectivity index is 2.91. The summed E-state index contributed by atoms with van der Waals surface area (Å²) in [5, 5.41) is 2.59. The Bertz CT molecular complexity index is 466. The lowest BCUT2D eigenvalue weighted by Crippen LogP contribution is -2.27. The molecule has 0 fully saturated rings. The van der Waals surface area contributed by atoms with Crippen LogP contribution < -0.4 is 20.5 Å². The quantitative estimate of drug-likeness (QED) is 0.823. The van der Waals surface area contributed by atoms with E-state index >= 15 is 0 Å². The highest BCUT2D eigenvalue weighted by Gasteiger charge is 2.17. The Morgan fingerprint density at radius 3 is 2.32 bits per heavy atom. The lowest BCUT2D eigenvalue weighted by Gasteiger charge is -2.20. The third-order valence-electron chi connectivity index (χ3n) is 2.15. The number of hydrogen-bond donors (Lipinski definition) is 2. The van der Waals surface area contributed by atoms with Crippen LogP contribution in [-0.4, -0.2) is 25.9 Å². The number of ether oxygens (including phenoxy) is 3. The Morgan fingerprint density at radius 2 is 1.84 bits per heavy atom. The van der Waals surface area contributed by atoms with Crippen molar-refractivity contribution in [1.29, 1.82) is 0 Å². The van der Waals surface area contributed by atoms with Crippen molar-refractivity contribution >= 4 is 17.5 Å². The highest BCUT2D eigenvalue weighted by atomic mass is 16.6. The minimum absolute atomic E-state index is 0.368. The van der Waals surface area contributed by atoms with Crippen molar-refractivity contribution in [2.75, 3.05) is 25.3 Å². The van der Waals surface area contributed by atoms with Crippen LogP contribution in [0.15, 0.2) is 12.1 Å². The van der Waals surface area contributed by atoms with Gasteiger partial charge in [-0.2, -0.15) is 0 Å². The van der Waals surface area contributed by atoms with Crippen molar-refractivity contribution in [1.82, 2.24) is 0 Å². The van der Waals surface area contributed by atoms with Gasteiger partial charge in [0.2, 0.25) is 0 Å². The molecule has 0 atom stereocenters. The van der Waals surface area contributed by atoms with E-state index in [-0.39, 0.29) is 0 Å². The van der Waals surface area contributed by atoms with E-state index in [1.807, 2.05) is 0 Å². The summed E-state index contributed by atoms with van der Waals surface area (Å²) in [4.78, 5) is 11.6. The highest BCUT2D eigenvalue weighted by Crippen LogP contribution is 2.36. The first kappa shape index (κ1) is 14.9. The van der Waals surface area contributed by atoms with Crippen molar-refractivity contribution in [2.45, 2.75) is 26.4 Å². The van der Waals surface area contributed by atoms with Crippen LogP contribution in [0.1, 0.15) is 20.8 Å². The molecular formula is C13H20N2O4. The van der Waals surface area contributed by atoms with Crippen molar-refractivity contribution in [3.63, 3.8) is 0 Å². The lowest BCUT2D eigenvalue weighted by molar-refractivity contribution is 0.0636. The standard InChI is InChI=1S/C13H20N2O4/c1-13(2,3)19-12(16)15-8-6-9(14)11(18-5)10(7-8)17-4/h6-7H,14H2,1-5H3,(H,15,16). The van der Waals surface area contributed by atoms with Crippen LogP contribution in [0, 0.1) is 0 Å². The average Bonchev–Trinajstić information content (AvgIpc) is 2.25. The molecule has 0 aliphatic carbocycles. The maximum Gasteiger partial charge on any atom is 0.412 e. The van der Waals surface area contributed by atoms with E-state index in [0.717, 1.165) is 0 Å². The summed E-state index contributed by atoms with van der Waals surface area (Å²) in [5.41, 5.74) is 6.10. The van der Waals surface area contributed by atoms with Gasteiger partial charge in [0.05, 0.1) is 25.6 Å². The van der Waals surface area contributed by atoms with Gasteiger partial charge in [0, 0.05) is 6.07 Å². The average molecular weight is 268 g/mol. The summed E-state index contributed by atoms with van der Waals surface area (Å²) in [6.07, 6.45) is -0.556. The Kier molecular flexibility index (Phi) is 4.47. The second kappa shape index (κ2) is 5.69. The zero-order chi connectivity index (χ0) is 14.6. The number of methoxy groups -OCH3 is 2. The number of amides is 1. The van der Waals surface area contributed by atoms with Crippen LogP contribution in [-0.2, 0) is 4.74 Å². The molecule has 0 aliphatic heterocycles. The van der Waals surface area contributed by atoms with Gasteiger partial charge in [-0.25, -0.2) is 4.79 Å². The molecule has 0 saturated heterocycles. The van der Waals surface area contributed by atoms with Gasteiger partial charge in [-0.05, 0) is 26.8 Å². The second-order valence-corrected chi connectivity index (χ2v) is 4.93. The predicted molar refractivity (Wildman–Crippen MR) is 73.8 cm³/mol. The first-order chi connectivity index (χ1) is 8.76. The van der Waals surface area contributed by atoms with E-state index in [0.29, 0.717) is 22.9 Å². The van der Waals surface area contributed by atoms with Gasteiger partial charge in [0.15, 0.2) is 11.5 Å². The summed E-state index contributed by atoms with van der Waals surface area (Å²) >= 11 is 0. The van der Waals surface area contributed by atoms with Crippen LogP contribution in [0.2, 0.25) is 0 Å². The molecule has 19 heavy (non-hydrogen) atoms. The van der Waals surface area contributed by atoms with Gasteiger partial charge in [0.1, 0.15) is 5.60 Å². The fourth-order valence-electron chi connectivity index (χ4n) is 1.49. The van der Waals surface area contributed by atoms with Crippen LogP contribution in [0.5, 0.6) is 11.5 Å². The maximum atomic E-state index is 11.6. The number of nitrogens with one attached hydrogen (secondary N) is 1. The molecule has 0 aliphatic rings. The molecule has 0 unspecified atom stereocenters. The largest absolute Gasteiger partial charge is 0.493 e. The number of nitrogen functional groups attached to an aromatic ring is 1. The molecule has 0 spiro atoms. The molecule has 1 rings (SSSR count). The fraction of sp³-hybridized carbons (Fsp3) is 0.462. The maximum absolute atomic E-state index is 11.6. The molecule has 0 heterocycles. The SMILES string of the molecule is COc1cc(NC(=O)OC(C)(C)C)cc(N)c1OC. The normalized spacial score (nSPS) is 10.8. The molecule has 1 amide bonds. The molecule has 6 heteroatoms. The van der Waals surface area contributed by atoms with Gasteiger partial charge in [-0.3, -0.25) is 5.32 Å². The zero-order valence-electron chi connectivity index (χ0n) is 11.9. The Labute approximate surface area is 112 Å². The first-order valence-corrected chi connectivity index (χ1v) is 5.78. The molecule has 6 nitrogen and oxygen atoms in total. The summed E-state index contributed by atoms with van der Waals surface area (Å²) in [6.45, 7) is 5.36. The van der Waals surface area contributed by atoms with Gasteiger partial charge < -0.3 is 19.9 Å². The highest BCUT2D eigenvalue weighted by molar-refractivity contribution is 5.87. The van der Waals surface area contributed by atoms with E-state index < -0.39 is 11.7 Å². The smallest absolute Gasteiger partial charge is 0.412 e. The molecule has 3 N–H and O–H groups in total. The van der Waals surface area contributed by atoms with E-state index in [1.165, 1.54) is 14.2 Å². The number of nitrogens with two attached hydrogens (primary N) is 1. The van der Waals surface area contributed by atoms with E-state index in [2.05, 4.69) is 5.32 Å². The topological polar surface area (TPSA) is 82.8 Å². The van der Waals surface area contributed by atoms with Crippen molar-refractivity contribution in [2.24, 2.45) is 0 Å². The molecule has 0 aromatic heterocycles. The molecule has 1 aromatic rings. The van der Waals surface area contributed by atoms with Crippen molar-refractivity contribution < 1.29 is 19.0 Å². The number of anilines is 2. The lowest BCUT2D eigenvalue weighted by atomic mass is 10.2. The van der Waals surface area contributed by atoms with Crippen LogP contribution in [0.3, 0.4) is 0 Å². The summed E-state index contributed by atoms with van der Waals surface area (Å²) in [7, 11) is 2.99. The van der Waals surface area contributed by atoms with Crippen LogP contribution in [0.4, 0.5) is 16.2 Å². The molecule has 0 radical (unpaired) electrons. The molecular weight excluding hydrogens is 248 g/mol. The minimum atomic E-state index is -0.563. The summed E-state index contributed by atoms with van der Waals surface area (Å²) in [5.74, 6) is 0.866. The third-order valence-corrected chi connectivity index (χ3v) is 2.15.